The predicted octanol–water partition coefficient (Wildman–Crippen LogP) is 4.33. The molecule has 1 aromatic carbocycles. The summed E-state index contributed by atoms with van der Waals surface area (Å²) in [5, 5.41) is 2.91. The number of thiophene rings is 1. The maximum Gasteiger partial charge on any atom is 0.248 e. The molecule has 2 nitrogen and oxygen atoms in total. The molecule has 0 unspecified atom stereocenters. The van der Waals surface area contributed by atoms with Gasteiger partial charge in [0.05, 0.1) is 0 Å². The minimum absolute atomic E-state index is 0.0975. The summed E-state index contributed by atoms with van der Waals surface area (Å²) < 4.78 is 0. The first-order chi connectivity index (χ1) is 9.06. The molecule has 0 spiro atoms. The van der Waals surface area contributed by atoms with Crippen LogP contribution in [0, 0.1) is 20.8 Å². The zero-order valence-electron chi connectivity index (χ0n) is 11.4. The van der Waals surface area contributed by atoms with E-state index in [0.29, 0.717) is 0 Å². The van der Waals surface area contributed by atoms with Crippen molar-refractivity contribution in [3.63, 3.8) is 0 Å². The SMILES string of the molecule is Cc1ccc(/C=C/C(=O)Nc2cccc(C)c2C)s1. The van der Waals surface area contributed by atoms with Crippen LogP contribution in [-0.2, 0) is 4.79 Å². The fraction of sp³-hybridized carbons (Fsp3) is 0.188. The smallest absolute Gasteiger partial charge is 0.248 e. The summed E-state index contributed by atoms with van der Waals surface area (Å²) in [6, 6.07) is 9.97. The summed E-state index contributed by atoms with van der Waals surface area (Å²) in [6.07, 6.45) is 3.42. The normalized spacial score (nSPS) is 10.9. The average Bonchev–Trinajstić information content (AvgIpc) is 2.78. The molecule has 1 N–H and O–H groups in total. The zero-order valence-corrected chi connectivity index (χ0v) is 12.2. The highest BCUT2D eigenvalue weighted by molar-refractivity contribution is 7.12. The number of aryl methyl sites for hydroxylation is 2. The third kappa shape index (κ3) is 3.55. The molecule has 2 rings (SSSR count). The number of amides is 1. The maximum atomic E-state index is 11.9. The Morgan fingerprint density at radius 1 is 1.16 bits per heavy atom. The van der Waals surface area contributed by atoms with Gasteiger partial charge in [0.1, 0.15) is 0 Å². The molecule has 0 aliphatic carbocycles. The lowest BCUT2D eigenvalue weighted by atomic mass is 10.1. The number of hydrogen-bond acceptors (Lipinski definition) is 2. The summed E-state index contributed by atoms with van der Waals surface area (Å²) in [4.78, 5) is 14.2. The van der Waals surface area contributed by atoms with Crippen LogP contribution in [0.15, 0.2) is 36.4 Å². The number of carbonyl (C=O) groups is 1. The number of hydrogen-bond donors (Lipinski definition) is 1. The van der Waals surface area contributed by atoms with Crippen LogP contribution in [0.5, 0.6) is 0 Å². The molecule has 0 atom stereocenters. The van der Waals surface area contributed by atoms with Gasteiger partial charge < -0.3 is 5.32 Å². The van der Waals surface area contributed by atoms with E-state index in [-0.39, 0.29) is 5.91 Å². The molecule has 0 aliphatic rings. The van der Waals surface area contributed by atoms with E-state index in [0.717, 1.165) is 16.1 Å². The Morgan fingerprint density at radius 3 is 2.63 bits per heavy atom. The molecule has 0 bridgehead atoms. The molecule has 3 heteroatoms. The Bertz CT molecular complexity index is 625. The third-order valence-electron chi connectivity index (χ3n) is 3.02. The van der Waals surface area contributed by atoms with Crippen molar-refractivity contribution >= 4 is 29.0 Å². The van der Waals surface area contributed by atoms with Gasteiger partial charge in [0.15, 0.2) is 0 Å². The highest BCUT2D eigenvalue weighted by Crippen LogP contribution is 2.19. The van der Waals surface area contributed by atoms with Crippen molar-refractivity contribution in [3.8, 4) is 0 Å². The Balaban J connectivity index is 2.05. The van der Waals surface area contributed by atoms with Gasteiger partial charge in [-0.1, -0.05) is 12.1 Å². The predicted molar refractivity (Wildman–Crippen MR) is 82.6 cm³/mol. The Hall–Kier alpha value is -1.87. The van der Waals surface area contributed by atoms with Gasteiger partial charge in [0.25, 0.3) is 0 Å². The van der Waals surface area contributed by atoms with Crippen molar-refractivity contribution in [1.29, 1.82) is 0 Å². The van der Waals surface area contributed by atoms with Gasteiger partial charge in [-0.05, 0) is 56.2 Å². The van der Waals surface area contributed by atoms with Crippen LogP contribution in [0.2, 0.25) is 0 Å². The molecule has 98 valence electrons. The minimum atomic E-state index is -0.0975. The van der Waals surface area contributed by atoms with Gasteiger partial charge in [-0.15, -0.1) is 11.3 Å². The van der Waals surface area contributed by atoms with Crippen LogP contribution in [0.3, 0.4) is 0 Å². The molecule has 2 aromatic rings. The second kappa shape index (κ2) is 5.85. The highest BCUT2D eigenvalue weighted by Gasteiger charge is 2.03. The van der Waals surface area contributed by atoms with Crippen LogP contribution < -0.4 is 5.32 Å². The molecular formula is C16H17NOS. The van der Waals surface area contributed by atoms with Gasteiger partial charge in [0.2, 0.25) is 5.91 Å². The first kappa shape index (κ1) is 13.6. The third-order valence-corrected chi connectivity index (χ3v) is 3.99. The molecule has 1 amide bonds. The minimum Gasteiger partial charge on any atom is -0.322 e. The van der Waals surface area contributed by atoms with Gasteiger partial charge in [-0.25, -0.2) is 0 Å². The second-order valence-electron chi connectivity index (χ2n) is 4.52. The molecule has 0 saturated carbocycles. The molecule has 0 fully saturated rings. The van der Waals surface area contributed by atoms with Crippen LogP contribution in [-0.4, -0.2) is 5.91 Å². The van der Waals surface area contributed by atoms with Crippen molar-refractivity contribution in [1.82, 2.24) is 0 Å². The van der Waals surface area contributed by atoms with E-state index in [2.05, 4.69) is 12.2 Å². The lowest BCUT2D eigenvalue weighted by Crippen LogP contribution is -2.09. The molecule has 0 saturated heterocycles. The van der Waals surface area contributed by atoms with E-state index >= 15 is 0 Å². The van der Waals surface area contributed by atoms with Crippen LogP contribution in [0.1, 0.15) is 20.9 Å². The molecule has 1 aromatic heterocycles. The van der Waals surface area contributed by atoms with Gasteiger partial charge >= 0.3 is 0 Å². The number of carbonyl (C=O) groups excluding carboxylic acids is 1. The molecule has 0 radical (unpaired) electrons. The van der Waals surface area contributed by atoms with Crippen molar-refractivity contribution < 1.29 is 4.79 Å². The lowest BCUT2D eigenvalue weighted by molar-refractivity contribution is -0.111. The number of rotatable bonds is 3. The maximum absolute atomic E-state index is 11.9. The van der Waals surface area contributed by atoms with Crippen LogP contribution >= 0.6 is 11.3 Å². The fourth-order valence-electron chi connectivity index (χ4n) is 1.76. The van der Waals surface area contributed by atoms with Crippen molar-refractivity contribution in [2.45, 2.75) is 20.8 Å². The fourth-order valence-corrected chi connectivity index (χ4v) is 2.54. The summed E-state index contributed by atoms with van der Waals surface area (Å²) in [7, 11) is 0. The van der Waals surface area contributed by atoms with E-state index in [1.54, 1.807) is 17.4 Å². The number of benzene rings is 1. The Morgan fingerprint density at radius 2 is 1.95 bits per heavy atom. The largest absolute Gasteiger partial charge is 0.322 e. The molecule has 19 heavy (non-hydrogen) atoms. The monoisotopic (exact) mass is 271 g/mol. The number of anilines is 1. The summed E-state index contributed by atoms with van der Waals surface area (Å²) in [5.41, 5.74) is 3.16. The van der Waals surface area contributed by atoms with E-state index in [1.807, 2.05) is 50.3 Å². The van der Waals surface area contributed by atoms with E-state index < -0.39 is 0 Å². The first-order valence-electron chi connectivity index (χ1n) is 6.18. The number of nitrogens with one attached hydrogen (secondary N) is 1. The molecular weight excluding hydrogens is 254 g/mol. The average molecular weight is 271 g/mol. The quantitative estimate of drug-likeness (QED) is 0.827. The topological polar surface area (TPSA) is 29.1 Å². The van der Waals surface area contributed by atoms with E-state index in [9.17, 15) is 4.79 Å². The first-order valence-corrected chi connectivity index (χ1v) is 6.99. The van der Waals surface area contributed by atoms with Crippen molar-refractivity contribution in [2.24, 2.45) is 0 Å². The van der Waals surface area contributed by atoms with Crippen molar-refractivity contribution in [2.75, 3.05) is 5.32 Å². The van der Waals surface area contributed by atoms with Gasteiger partial charge in [0, 0.05) is 21.5 Å². The standard InChI is InChI=1S/C16H17NOS/c1-11-5-4-6-15(13(11)3)17-16(18)10-9-14-8-7-12(2)19-14/h4-10H,1-3H3,(H,17,18)/b10-9+. The van der Waals surface area contributed by atoms with Crippen LogP contribution in [0.25, 0.3) is 6.08 Å². The summed E-state index contributed by atoms with van der Waals surface area (Å²) >= 11 is 1.67. The van der Waals surface area contributed by atoms with E-state index in [4.69, 9.17) is 0 Å². The summed E-state index contributed by atoms with van der Waals surface area (Å²) in [5.74, 6) is -0.0975. The lowest BCUT2D eigenvalue weighted by Gasteiger charge is -2.08. The second-order valence-corrected chi connectivity index (χ2v) is 5.84. The molecule has 0 aliphatic heterocycles. The van der Waals surface area contributed by atoms with Crippen molar-refractivity contribution in [3.05, 3.63) is 57.3 Å². The van der Waals surface area contributed by atoms with Gasteiger partial charge in [-0.2, -0.15) is 0 Å². The molecule has 1 heterocycles. The highest BCUT2D eigenvalue weighted by atomic mass is 32.1. The Labute approximate surface area is 117 Å². The van der Waals surface area contributed by atoms with Gasteiger partial charge in [-0.3, -0.25) is 4.79 Å². The Kier molecular flexibility index (Phi) is 4.17. The van der Waals surface area contributed by atoms with Crippen LogP contribution in [0.4, 0.5) is 5.69 Å². The van der Waals surface area contributed by atoms with E-state index in [1.165, 1.54) is 10.4 Å². The summed E-state index contributed by atoms with van der Waals surface area (Å²) in [6.45, 7) is 6.10. The zero-order chi connectivity index (χ0) is 13.8.